The van der Waals surface area contributed by atoms with Gasteiger partial charge in [-0.2, -0.15) is 0 Å². The SMILES string of the molecule is CCCCCC/C=C\C/C=C\CCCCCCCC(=O)OCCCCCCCC/C=C\CCCCCCCCCC(=O)NC(CO)C(O)CCCCCCCCCCCCCCCCCC. The number of carbonyl (C=O) groups is 2. The molecule has 388 valence electrons. The first-order valence-electron chi connectivity index (χ1n) is 29.2. The molecule has 66 heavy (non-hydrogen) atoms. The second-order valence-corrected chi connectivity index (χ2v) is 20.0. The molecule has 0 aromatic carbocycles. The Bertz CT molecular complexity index is 1070. The van der Waals surface area contributed by atoms with E-state index in [1.807, 2.05) is 0 Å². The molecule has 0 aliphatic heterocycles. The number of hydrogen-bond donors (Lipinski definition) is 3. The van der Waals surface area contributed by atoms with Crippen LogP contribution in [0.15, 0.2) is 36.5 Å². The Balaban J connectivity index is 3.47. The van der Waals surface area contributed by atoms with Crippen LogP contribution >= 0.6 is 0 Å². The highest BCUT2D eigenvalue weighted by molar-refractivity contribution is 5.76. The van der Waals surface area contributed by atoms with Crippen LogP contribution in [-0.4, -0.2) is 47.4 Å². The molecule has 0 aromatic heterocycles. The van der Waals surface area contributed by atoms with Crippen molar-refractivity contribution in [1.29, 1.82) is 0 Å². The van der Waals surface area contributed by atoms with Gasteiger partial charge >= 0.3 is 5.97 Å². The Labute approximate surface area is 411 Å². The van der Waals surface area contributed by atoms with Gasteiger partial charge in [0.05, 0.1) is 25.4 Å². The Hall–Kier alpha value is -1.92. The Morgan fingerprint density at radius 1 is 0.424 bits per heavy atom. The molecule has 0 aliphatic rings. The average molecular weight is 929 g/mol. The van der Waals surface area contributed by atoms with Gasteiger partial charge in [0.15, 0.2) is 0 Å². The van der Waals surface area contributed by atoms with Gasteiger partial charge in [0.25, 0.3) is 0 Å². The van der Waals surface area contributed by atoms with Crippen LogP contribution in [0.2, 0.25) is 0 Å². The first kappa shape index (κ1) is 64.1. The maximum atomic E-state index is 12.5. The molecule has 0 saturated heterocycles. The molecule has 0 bridgehead atoms. The van der Waals surface area contributed by atoms with Gasteiger partial charge in [-0.25, -0.2) is 0 Å². The molecule has 1 amide bonds. The van der Waals surface area contributed by atoms with Crippen molar-refractivity contribution in [2.45, 2.75) is 321 Å². The van der Waals surface area contributed by atoms with Crippen molar-refractivity contribution in [2.24, 2.45) is 0 Å². The quantitative estimate of drug-likeness (QED) is 0.0321. The summed E-state index contributed by atoms with van der Waals surface area (Å²) in [6, 6.07) is -0.551. The summed E-state index contributed by atoms with van der Waals surface area (Å²) in [5.41, 5.74) is 0. The molecule has 2 atom stereocenters. The highest BCUT2D eigenvalue weighted by Crippen LogP contribution is 2.17. The lowest BCUT2D eigenvalue weighted by molar-refractivity contribution is -0.143. The molecular formula is C60H113NO5. The van der Waals surface area contributed by atoms with Gasteiger partial charge in [0.1, 0.15) is 0 Å². The monoisotopic (exact) mass is 928 g/mol. The standard InChI is InChI=1S/C60H113NO5/c1-3-5-7-9-11-13-15-17-19-24-28-32-36-40-44-48-52-58(63)57(56-62)61-59(64)53-49-45-41-37-33-29-25-22-21-23-27-31-35-39-43-47-51-55-66-60(65)54-50-46-42-38-34-30-26-20-18-16-14-12-10-8-6-4-2/h14,16,20-21,23,26,57-58,62-63H,3-13,15,17-19,22,24-25,27-56H2,1-2H3,(H,61,64)/b16-14-,23-21-,26-20-. The van der Waals surface area contributed by atoms with Crippen LogP contribution in [0.25, 0.3) is 0 Å². The van der Waals surface area contributed by atoms with Crippen molar-refractivity contribution < 1.29 is 24.5 Å². The zero-order valence-corrected chi connectivity index (χ0v) is 44.2. The number of rotatable bonds is 54. The molecule has 3 N–H and O–H groups in total. The number of carbonyl (C=O) groups excluding carboxylic acids is 2. The van der Waals surface area contributed by atoms with Gasteiger partial charge in [0.2, 0.25) is 5.91 Å². The summed E-state index contributed by atoms with van der Waals surface area (Å²) in [5, 5.41) is 23.3. The summed E-state index contributed by atoms with van der Waals surface area (Å²) in [6.07, 6.45) is 68.4. The van der Waals surface area contributed by atoms with Crippen molar-refractivity contribution in [2.75, 3.05) is 13.2 Å². The summed E-state index contributed by atoms with van der Waals surface area (Å²) in [7, 11) is 0. The zero-order valence-electron chi connectivity index (χ0n) is 44.2. The second-order valence-electron chi connectivity index (χ2n) is 20.0. The van der Waals surface area contributed by atoms with E-state index in [1.165, 1.54) is 212 Å². The average Bonchev–Trinajstić information content (AvgIpc) is 3.32. The number of nitrogens with one attached hydrogen (secondary N) is 1. The molecule has 2 unspecified atom stereocenters. The molecule has 6 heteroatoms. The van der Waals surface area contributed by atoms with Crippen LogP contribution in [0, 0.1) is 0 Å². The van der Waals surface area contributed by atoms with Crippen LogP contribution in [0.3, 0.4) is 0 Å². The summed E-state index contributed by atoms with van der Waals surface area (Å²) in [6.45, 7) is 4.92. The van der Waals surface area contributed by atoms with E-state index in [0.29, 0.717) is 25.9 Å². The van der Waals surface area contributed by atoms with Crippen molar-refractivity contribution >= 4 is 11.9 Å². The summed E-state index contributed by atoms with van der Waals surface area (Å²) < 4.78 is 5.47. The maximum Gasteiger partial charge on any atom is 0.305 e. The number of unbranched alkanes of at least 4 members (excludes halogenated alkanes) is 37. The van der Waals surface area contributed by atoms with E-state index in [4.69, 9.17) is 4.74 Å². The van der Waals surface area contributed by atoms with Gasteiger partial charge in [-0.05, 0) is 83.5 Å². The van der Waals surface area contributed by atoms with Crippen molar-refractivity contribution in [3.05, 3.63) is 36.5 Å². The third kappa shape index (κ3) is 51.5. The number of ether oxygens (including phenoxy) is 1. The van der Waals surface area contributed by atoms with Crippen molar-refractivity contribution in [3.8, 4) is 0 Å². The van der Waals surface area contributed by atoms with E-state index in [-0.39, 0.29) is 18.5 Å². The van der Waals surface area contributed by atoms with Crippen LogP contribution in [0.4, 0.5) is 0 Å². The summed E-state index contributed by atoms with van der Waals surface area (Å²) in [4.78, 5) is 24.5. The van der Waals surface area contributed by atoms with E-state index >= 15 is 0 Å². The second kappa shape index (κ2) is 55.7. The molecule has 0 fully saturated rings. The van der Waals surface area contributed by atoms with Crippen molar-refractivity contribution in [3.63, 3.8) is 0 Å². The van der Waals surface area contributed by atoms with Crippen LogP contribution in [-0.2, 0) is 14.3 Å². The normalized spacial score (nSPS) is 12.8. The molecule has 6 nitrogen and oxygen atoms in total. The van der Waals surface area contributed by atoms with E-state index in [1.54, 1.807) is 0 Å². The van der Waals surface area contributed by atoms with E-state index in [9.17, 15) is 19.8 Å². The zero-order chi connectivity index (χ0) is 47.9. The topological polar surface area (TPSA) is 95.9 Å². The fourth-order valence-corrected chi connectivity index (χ4v) is 8.90. The lowest BCUT2D eigenvalue weighted by Crippen LogP contribution is -2.45. The molecule has 0 spiro atoms. The van der Waals surface area contributed by atoms with Gasteiger partial charge in [-0.15, -0.1) is 0 Å². The predicted molar refractivity (Wildman–Crippen MR) is 287 cm³/mol. The van der Waals surface area contributed by atoms with Crippen molar-refractivity contribution in [1.82, 2.24) is 5.32 Å². The number of allylic oxidation sites excluding steroid dienone is 6. The number of amides is 1. The molecule has 0 radical (unpaired) electrons. The molecule has 0 saturated carbocycles. The number of esters is 1. The first-order valence-corrected chi connectivity index (χ1v) is 29.2. The van der Waals surface area contributed by atoms with E-state index in [0.717, 1.165) is 64.2 Å². The van der Waals surface area contributed by atoms with E-state index < -0.39 is 12.1 Å². The Morgan fingerprint density at radius 2 is 0.758 bits per heavy atom. The largest absolute Gasteiger partial charge is 0.466 e. The maximum absolute atomic E-state index is 12.5. The van der Waals surface area contributed by atoms with Crippen LogP contribution < -0.4 is 5.32 Å². The smallest absolute Gasteiger partial charge is 0.305 e. The Kier molecular flexibility index (Phi) is 54.1. The number of aliphatic hydroxyl groups is 2. The molecule has 0 rings (SSSR count). The third-order valence-electron chi connectivity index (χ3n) is 13.4. The summed E-state index contributed by atoms with van der Waals surface area (Å²) >= 11 is 0. The lowest BCUT2D eigenvalue weighted by atomic mass is 10.0. The van der Waals surface area contributed by atoms with Gasteiger partial charge < -0.3 is 20.3 Å². The number of hydrogen-bond acceptors (Lipinski definition) is 5. The molecule has 0 heterocycles. The minimum absolute atomic E-state index is 0.0152. The molecule has 0 aromatic rings. The van der Waals surface area contributed by atoms with Gasteiger partial charge in [0, 0.05) is 12.8 Å². The van der Waals surface area contributed by atoms with E-state index in [2.05, 4.69) is 55.6 Å². The van der Waals surface area contributed by atoms with Crippen LogP contribution in [0.5, 0.6) is 0 Å². The molecular weight excluding hydrogens is 815 g/mol. The fraction of sp³-hybridized carbons (Fsp3) is 0.867. The van der Waals surface area contributed by atoms with Crippen LogP contribution in [0.1, 0.15) is 309 Å². The highest BCUT2D eigenvalue weighted by atomic mass is 16.5. The minimum atomic E-state index is -0.673. The van der Waals surface area contributed by atoms with Gasteiger partial charge in [-0.3, -0.25) is 9.59 Å². The third-order valence-corrected chi connectivity index (χ3v) is 13.4. The minimum Gasteiger partial charge on any atom is -0.466 e. The number of aliphatic hydroxyl groups excluding tert-OH is 2. The highest BCUT2D eigenvalue weighted by Gasteiger charge is 2.20. The fourth-order valence-electron chi connectivity index (χ4n) is 8.90. The lowest BCUT2D eigenvalue weighted by Gasteiger charge is -2.22. The van der Waals surface area contributed by atoms with Gasteiger partial charge in [-0.1, -0.05) is 249 Å². The molecule has 0 aliphatic carbocycles. The Morgan fingerprint density at radius 3 is 1.18 bits per heavy atom. The first-order chi connectivity index (χ1) is 32.5. The summed E-state index contributed by atoms with van der Waals surface area (Å²) in [5.74, 6) is -0.0616. The predicted octanol–water partition coefficient (Wildman–Crippen LogP) is 18.0.